The number of nitrogens with zero attached hydrogens (tertiary/aromatic N) is 1. The van der Waals surface area contributed by atoms with E-state index in [0.717, 1.165) is 12.8 Å². The second-order valence-electron chi connectivity index (χ2n) is 4.52. The second-order valence-corrected chi connectivity index (χ2v) is 4.52. The molecule has 1 heterocycles. The van der Waals surface area contributed by atoms with Gasteiger partial charge in [0.2, 0.25) is 5.91 Å². The normalized spacial score (nSPS) is 18.0. The highest BCUT2D eigenvalue weighted by atomic mass is 16.6. The Morgan fingerprint density at radius 2 is 2.11 bits per heavy atom. The third-order valence-electron chi connectivity index (χ3n) is 3.33. The maximum absolute atomic E-state index is 11.5. The van der Waals surface area contributed by atoms with Crippen LogP contribution in [-0.4, -0.2) is 42.6 Å². The summed E-state index contributed by atoms with van der Waals surface area (Å²) in [4.78, 5) is 24.5. The molecule has 18 heavy (non-hydrogen) atoms. The van der Waals surface area contributed by atoms with Crippen molar-refractivity contribution in [2.75, 3.05) is 19.7 Å². The minimum Gasteiger partial charge on any atom is -0.450 e. The zero-order chi connectivity index (χ0) is 13.5. The van der Waals surface area contributed by atoms with Crippen molar-refractivity contribution in [1.82, 2.24) is 10.2 Å². The summed E-state index contributed by atoms with van der Waals surface area (Å²) >= 11 is 0. The molecule has 0 aromatic heterocycles. The molecule has 0 saturated carbocycles. The first kappa shape index (κ1) is 14.5. The fraction of sp³-hybridized carbons (Fsp3) is 0.692. The van der Waals surface area contributed by atoms with Gasteiger partial charge >= 0.3 is 6.09 Å². The first-order valence-corrected chi connectivity index (χ1v) is 6.43. The molecule has 1 aliphatic heterocycles. The van der Waals surface area contributed by atoms with Gasteiger partial charge in [0.15, 0.2) is 0 Å². The summed E-state index contributed by atoms with van der Waals surface area (Å²) in [6.45, 7) is 9.02. The van der Waals surface area contributed by atoms with E-state index < -0.39 is 0 Å². The number of carbonyl (C=O) groups excluding carboxylic acids is 2. The Kier molecular flexibility index (Phi) is 5.68. The van der Waals surface area contributed by atoms with E-state index in [1.807, 2.05) is 6.92 Å². The Labute approximate surface area is 108 Å². The van der Waals surface area contributed by atoms with Crippen LogP contribution in [0.25, 0.3) is 0 Å². The average molecular weight is 254 g/mol. The first-order valence-electron chi connectivity index (χ1n) is 6.43. The van der Waals surface area contributed by atoms with Crippen LogP contribution in [0.2, 0.25) is 0 Å². The van der Waals surface area contributed by atoms with E-state index in [1.54, 1.807) is 11.8 Å². The van der Waals surface area contributed by atoms with E-state index in [2.05, 4.69) is 11.9 Å². The van der Waals surface area contributed by atoms with E-state index in [4.69, 9.17) is 4.74 Å². The van der Waals surface area contributed by atoms with Gasteiger partial charge in [-0.2, -0.15) is 0 Å². The molecular formula is C13H22N2O3. The molecule has 102 valence electrons. The molecule has 1 unspecified atom stereocenters. The van der Waals surface area contributed by atoms with E-state index in [9.17, 15) is 9.59 Å². The number of likely N-dealkylation sites (tertiary alicyclic amines) is 1. The van der Waals surface area contributed by atoms with Gasteiger partial charge < -0.3 is 15.0 Å². The van der Waals surface area contributed by atoms with Crippen molar-refractivity contribution >= 4 is 12.0 Å². The number of piperidine rings is 1. The molecule has 0 radical (unpaired) electrons. The average Bonchev–Trinajstić information content (AvgIpc) is 2.39. The van der Waals surface area contributed by atoms with Crippen LogP contribution >= 0.6 is 0 Å². The van der Waals surface area contributed by atoms with Gasteiger partial charge in [0.1, 0.15) is 0 Å². The Morgan fingerprint density at radius 1 is 1.50 bits per heavy atom. The molecule has 0 aromatic carbocycles. The number of ether oxygens (including phenoxy) is 1. The highest BCUT2D eigenvalue weighted by molar-refractivity contribution is 5.87. The smallest absolute Gasteiger partial charge is 0.409 e. The molecule has 5 nitrogen and oxygen atoms in total. The van der Waals surface area contributed by atoms with Gasteiger partial charge in [0.05, 0.1) is 6.61 Å². The molecule has 2 amide bonds. The lowest BCUT2D eigenvalue weighted by molar-refractivity contribution is -0.117. The Balaban J connectivity index is 2.36. The molecule has 1 atom stereocenters. The molecule has 1 fully saturated rings. The lowest BCUT2D eigenvalue weighted by Crippen LogP contribution is -2.45. The third kappa shape index (κ3) is 4.05. The molecule has 0 aromatic rings. The highest BCUT2D eigenvalue weighted by Gasteiger charge is 2.27. The zero-order valence-electron chi connectivity index (χ0n) is 11.1. The number of carbonyl (C=O) groups is 2. The standard InChI is InChI=1S/C13H22N2O3/c1-4-12(16)14-10(3)11-6-8-15(9-7-11)13(17)18-5-2/h4,10-11H,1,5-9H2,2-3H3,(H,14,16). The fourth-order valence-electron chi connectivity index (χ4n) is 2.20. The summed E-state index contributed by atoms with van der Waals surface area (Å²) in [5.41, 5.74) is 0. The van der Waals surface area contributed by atoms with Crippen molar-refractivity contribution in [3.63, 3.8) is 0 Å². The van der Waals surface area contributed by atoms with Crippen LogP contribution in [0.5, 0.6) is 0 Å². The molecule has 1 aliphatic rings. The van der Waals surface area contributed by atoms with Gasteiger partial charge in [-0.15, -0.1) is 0 Å². The SMILES string of the molecule is C=CC(=O)NC(C)C1CCN(C(=O)OCC)CC1. The van der Waals surface area contributed by atoms with Crippen LogP contribution in [0.4, 0.5) is 4.79 Å². The first-order chi connectivity index (χ1) is 8.58. The topological polar surface area (TPSA) is 58.6 Å². The lowest BCUT2D eigenvalue weighted by atomic mass is 9.90. The number of amides is 2. The van der Waals surface area contributed by atoms with Gasteiger partial charge in [0.25, 0.3) is 0 Å². The quantitative estimate of drug-likeness (QED) is 0.774. The maximum atomic E-state index is 11.5. The van der Waals surface area contributed by atoms with Gasteiger partial charge in [-0.3, -0.25) is 4.79 Å². The molecule has 1 rings (SSSR count). The van der Waals surface area contributed by atoms with Crippen LogP contribution in [0.15, 0.2) is 12.7 Å². The molecule has 1 saturated heterocycles. The van der Waals surface area contributed by atoms with E-state index >= 15 is 0 Å². The monoisotopic (exact) mass is 254 g/mol. The summed E-state index contributed by atoms with van der Waals surface area (Å²) in [7, 11) is 0. The van der Waals surface area contributed by atoms with E-state index in [1.165, 1.54) is 6.08 Å². The summed E-state index contributed by atoms with van der Waals surface area (Å²) in [5, 5.41) is 2.88. The Morgan fingerprint density at radius 3 is 2.61 bits per heavy atom. The number of hydrogen-bond acceptors (Lipinski definition) is 3. The van der Waals surface area contributed by atoms with Crippen LogP contribution in [0, 0.1) is 5.92 Å². The van der Waals surface area contributed by atoms with Crippen LogP contribution in [0.1, 0.15) is 26.7 Å². The summed E-state index contributed by atoms with van der Waals surface area (Å²) in [6, 6.07) is 0.111. The third-order valence-corrected chi connectivity index (χ3v) is 3.33. The van der Waals surface area contributed by atoms with Gasteiger partial charge in [-0.05, 0) is 38.7 Å². The van der Waals surface area contributed by atoms with E-state index in [0.29, 0.717) is 25.6 Å². The Bertz CT molecular complexity index is 309. The van der Waals surface area contributed by atoms with Crippen molar-refractivity contribution < 1.29 is 14.3 Å². The van der Waals surface area contributed by atoms with Crippen molar-refractivity contribution in [2.24, 2.45) is 5.92 Å². The van der Waals surface area contributed by atoms with Crippen molar-refractivity contribution in [2.45, 2.75) is 32.7 Å². The minimum atomic E-state index is -0.237. The largest absolute Gasteiger partial charge is 0.450 e. The second kappa shape index (κ2) is 7.03. The minimum absolute atomic E-state index is 0.111. The molecule has 0 bridgehead atoms. The zero-order valence-corrected chi connectivity index (χ0v) is 11.1. The summed E-state index contributed by atoms with van der Waals surface area (Å²) in [6.07, 6.45) is 2.82. The van der Waals surface area contributed by atoms with Crippen molar-refractivity contribution in [3.05, 3.63) is 12.7 Å². The predicted molar refractivity (Wildman–Crippen MR) is 69.1 cm³/mol. The van der Waals surface area contributed by atoms with Gasteiger partial charge in [0, 0.05) is 19.1 Å². The van der Waals surface area contributed by atoms with Crippen molar-refractivity contribution in [3.8, 4) is 0 Å². The molecule has 0 aliphatic carbocycles. The summed E-state index contributed by atoms with van der Waals surface area (Å²) < 4.78 is 4.96. The Hall–Kier alpha value is -1.52. The molecule has 0 spiro atoms. The number of hydrogen-bond donors (Lipinski definition) is 1. The van der Waals surface area contributed by atoms with Crippen LogP contribution < -0.4 is 5.32 Å². The van der Waals surface area contributed by atoms with Crippen LogP contribution in [-0.2, 0) is 9.53 Å². The highest BCUT2D eigenvalue weighted by Crippen LogP contribution is 2.21. The van der Waals surface area contributed by atoms with Crippen LogP contribution in [0.3, 0.4) is 0 Å². The lowest BCUT2D eigenvalue weighted by Gasteiger charge is -2.34. The number of rotatable bonds is 4. The fourth-order valence-corrected chi connectivity index (χ4v) is 2.20. The van der Waals surface area contributed by atoms with E-state index in [-0.39, 0.29) is 18.0 Å². The summed E-state index contributed by atoms with van der Waals surface area (Å²) in [5.74, 6) is 0.259. The molecular weight excluding hydrogens is 232 g/mol. The van der Waals surface area contributed by atoms with Gasteiger partial charge in [-0.25, -0.2) is 4.79 Å². The van der Waals surface area contributed by atoms with Crippen molar-refractivity contribution in [1.29, 1.82) is 0 Å². The molecule has 5 heteroatoms. The van der Waals surface area contributed by atoms with Gasteiger partial charge in [-0.1, -0.05) is 6.58 Å². The maximum Gasteiger partial charge on any atom is 0.409 e. The predicted octanol–water partition coefficient (Wildman–Crippen LogP) is 1.55. The molecule has 1 N–H and O–H groups in total. The number of nitrogens with one attached hydrogen (secondary N) is 1.